The van der Waals surface area contributed by atoms with Crippen LogP contribution < -0.4 is 10.6 Å². The number of hydrogen-bond donors (Lipinski definition) is 2. The average Bonchev–Trinajstić information content (AvgIpc) is 3.38. The topological polar surface area (TPSA) is 37.0 Å². The predicted molar refractivity (Wildman–Crippen MR) is 117 cm³/mol. The molecule has 0 amide bonds. The third-order valence-electron chi connectivity index (χ3n) is 5.96. The summed E-state index contributed by atoms with van der Waals surface area (Å²) in [4.78, 5) is 4.73. The van der Waals surface area contributed by atoms with Gasteiger partial charge in [0.05, 0.1) is 15.2 Å². The molecule has 2 fully saturated rings. The third kappa shape index (κ3) is 3.71. The number of hydrogen-bond acceptors (Lipinski definition) is 3. The highest BCUT2D eigenvalue weighted by Crippen LogP contribution is 2.44. The monoisotopic (exact) mass is 393 g/mol. The Bertz CT molecular complexity index is 930. The molecule has 5 heteroatoms. The van der Waals surface area contributed by atoms with Gasteiger partial charge in [0.15, 0.2) is 5.11 Å². The van der Waals surface area contributed by atoms with Crippen LogP contribution in [-0.2, 0) is 6.42 Å². The molecule has 2 aliphatic rings. The van der Waals surface area contributed by atoms with Crippen molar-refractivity contribution in [2.75, 3.05) is 5.32 Å². The second-order valence-corrected chi connectivity index (χ2v) is 9.35. The molecular weight excluding hydrogens is 370 g/mol. The van der Waals surface area contributed by atoms with E-state index in [0.717, 1.165) is 39.6 Å². The lowest BCUT2D eigenvalue weighted by Crippen LogP contribution is -2.40. The Morgan fingerprint density at radius 2 is 1.93 bits per heavy atom. The Hall–Kier alpha value is -1.98. The zero-order valence-electron chi connectivity index (χ0n) is 15.2. The van der Waals surface area contributed by atoms with Gasteiger partial charge in [-0.05, 0) is 73.1 Å². The number of thiazole rings is 1. The van der Waals surface area contributed by atoms with Crippen LogP contribution in [0.4, 0.5) is 5.69 Å². The smallest absolute Gasteiger partial charge is 0.171 e. The van der Waals surface area contributed by atoms with Gasteiger partial charge in [0, 0.05) is 18.2 Å². The highest BCUT2D eigenvalue weighted by molar-refractivity contribution is 7.80. The molecule has 0 radical (unpaired) electrons. The lowest BCUT2D eigenvalue weighted by Gasteiger charge is -2.24. The van der Waals surface area contributed by atoms with Gasteiger partial charge < -0.3 is 10.6 Å². The average molecular weight is 394 g/mol. The first-order valence-corrected chi connectivity index (χ1v) is 11.0. The van der Waals surface area contributed by atoms with E-state index in [1.54, 1.807) is 11.3 Å². The van der Waals surface area contributed by atoms with E-state index in [1.807, 2.05) is 6.07 Å². The lowest BCUT2D eigenvalue weighted by molar-refractivity contribution is 0.392. The Morgan fingerprint density at radius 3 is 2.67 bits per heavy atom. The first kappa shape index (κ1) is 17.1. The number of rotatable bonds is 4. The minimum absolute atomic E-state index is 0.571. The molecule has 3 atom stereocenters. The van der Waals surface area contributed by atoms with Gasteiger partial charge in [0.2, 0.25) is 0 Å². The molecule has 3 aromatic rings. The number of nitrogens with zero attached hydrogens (tertiary/aromatic N) is 1. The maximum atomic E-state index is 5.53. The molecule has 138 valence electrons. The van der Waals surface area contributed by atoms with Crippen molar-refractivity contribution in [3.8, 4) is 0 Å². The summed E-state index contributed by atoms with van der Waals surface area (Å²) in [5, 5.41) is 8.80. The van der Waals surface area contributed by atoms with E-state index in [0.29, 0.717) is 6.04 Å². The van der Waals surface area contributed by atoms with Crippen molar-refractivity contribution in [3.63, 3.8) is 0 Å². The number of anilines is 1. The molecule has 1 heterocycles. The van der Waals surface area contributed by atoms with Crippen molar-refractivity contribution < 1.29 is 0 Å². The molecule has 27 heavy (non-hydrogen) atoms. The summed E-state index contributed by atoms with van der Waals surface area (Å²) in [5.74, 6) is 1.75. The van der Waals surface area contributed by atoms with E-state index in [-0.39, 0.29) is 0 Å². The summed E-state index contributed by atoms with van der Waals surface area (Å²) < 4.78 is 1.25. The molecule has 5 rings (SSSR count). The third-order valence-corrected chi connectivity index (χ3v) is 7.22. The summed E-state index contributed by atoms with van der Waals surface area (Å²) >= 11 is 7.31. The van der Waals surface area contributed by atoms with Crippen molar-refractivity contribution in [2.45, 2.75) is 38.1 Å². The van der Waals surface area contributed by atoms with Crippen LogP contribution in [0.25, 0.3) is 10.2 Å². The Balaban J connectivity index is 1.19. The fourth-order valence-corrected chi connectivity index (χ4v) is 5.90. The molecule has 2 bridgehead atoms. The molecule has 2 saturated carbocycles. The molecular formula is C22H23N3S2. The number of nitrogens with one attached hydrogen (secondary N) is 2. The zero-order valence-corrected chi connectivity index (χ0v) is 16.8. The largest absolute Gasteiger partial charge is 0.359 e. The number of benzene rings is 2. The molecule has 2 N–H and O–H groups in total. The maximum Gasteiger partial charge on any atom is 0.171 e. The van der Waals surface area contributed by atoms with Crippen LogP contribution in [0.1, 0.15) is 36.3 Å². The highest BCUT2D eigenvalue weighted by Gasteiger charge is 2.39. The van der Waals surface area contributed by atoms with E-state index in [1.165, 1.54) is 35.9 Å². The quantitative estimate of drug-likeness (QED) is 0.585. The second kappa shape index (κ2) is 7.21. The number of aromatic nitrogens is 1. The molecule has 3 nitrogen and oxygen atoms in total. The number of fused-ring (bicyclic) bond motifs is 3. The number of thiocarbonyl (C=S) groups is 1. The van der Waals surface area contributed by atoms with E-state index in [2.05, 4.69) is 53.1 Å². The molecule has 0 spiro atoms. The maximum absolute atomic E-state index is 5.53. The predicted octanol–water partition coefficient (Wildman–Crippen LogP) is 5.36. The highest BCUT2D eigenvalue weighted by atomic mass is 32.1. The van der Waals surface area contributed by atoms with Crippen LogP contribution in [0.3, 0.4) is 0 Å². The van der Waals surface area contributed by atoms with Crippen molar-refractivity contribution in [3.05, 3.63) is 59.1 Å². The summed E-state index contributed by atoms with van der Waals surface area (Å²) in [5.41, 5.74) is 3.41. The van der Waals surface area contributed by atoms with Crippen molar-refractivity contribution in [2.24, 2.45) is 11.8 Å². The second-order valence-electron chi connectivity index (χ2n) is 7.83. The minimum atomic E-state index is 0.571. The van der Waals surface area contributed by atoms with Crippen LogP contribution in [0.15, 0.2) is 48.5 Å². The van der Waals surface area contributed by atoms with Crippen molar-refractivity contribution >= 4 is 44.6 Å². The van der Waals surface area contributed by atoms with Crippen molar-refractivity contribution in [1.82, 2.24) is 10.3 Å². The standard InChI is InChI=1S/C22H23N3S2/c26-22(25-19-12-15-5-8-16(19)11-15)23-17-9-6-14(7-10-17)13-21-24-18-3-1-2-4-20(18)27-21/h1-4,6-7,9-10,15-16,19H,5,8,11-13H2,(H2,23,25,26). The van der Waals surface area contributed by atoms with Crippen LogP contribution >= 0.6 is 23.6 Å². The van der Waals surface area contributed by atoms with Crippen LogP contribution in [-0.4, -0.2) is 16.1 Å². The Labute approximate surface area is 169 Å². The minimum Gasteiger partial charge on any atom is -0.359 e. The van der Waals surface area contributed by atoms with E-state index in [9.17, 15) is 0 Å². The fourth-order valence-electron chi connectivity index (χ4n) is 4.63. The molecule has 2 aliphatic carbocycles. The van der Waals surface area contributed by atoms with Crippen LogP contribution in [0.2, 0.25) is 0 Å². The SMILES string of the molecule is S=C(Nc1ccc(Cc2nc3ccccc3s2)cc1)NC1CC2CCC1C2. The van der Waals surface area contributed by atoms with Gasteiger partial charge in [0.25, 0.3) is 0 Å². The summed E-state index contributed by atoms with van der Waals surface area (Å²) in [6.07, 6.45) is 6.33. The van der Waals surface area contributed by atoms with Crippen LogP contribution in [0, 0.1) is 11.8 Å². The Morgan fingerprint density at radius 1 is 1.07 bits per heavy atom. The Kier molecular flexibility index (Phi) is 4.58. The first-order valence-electron chi connectivity index (χ1n) is 9.74. The number of para-hydroxylation sites is 1. The van der Waals surface area contributed by atoms with E-state index >= 15 is 0 Å². The zero-order chi connectivity index (χ0) is 18.2. The van der Waals surface area contributed by atoms with Gasteiger partial charge >= 0.3 is 0 Å². The van der Waals surface area contributed by atoms with Gasteiger partial charge in [-0.2, -0.15) is 0 Å². The molecule has 1 aromatic heterocycles. The fraction of sp³-hybridized carbons (Fsp3) is 0.364. The van der Waals surface area contributed by atoms with Gasteiger partial charge in [-0.25, -0.2) is 4.98 Å². The first-order chi connectivity index (χ1) is 13.2. The van der Waals surface area contributed by atoms with Crippen LogP contribution in [0.5, 0.6) is 0 Å². The van der Waals surface area contributed by atoms with Gasteiger partial charge in [-0.15, -0.1) is 11.3 Å². The summed E-state index contributed by atoms with van der Waals surface area (Å²) in [6.45, 7) is 0. The van der Waals surface area contributed by atoms with E-state index in [4.69, 9.17) is 17.2 Å². The molecule has 0 saturated heterocycles. The van der Waals surface area contributed by atoms with Crippen molar-refractivity contribution in [1.29, 1.82) is 0 Å². The molecule has 3 unspecified atom stereocenters. The van der Waals surface area contributed by atoms with Gasteiger partial charge in [-0.1, -0.05) is 30.7 Å². The summed E-state index contributed by atoms with van der Waals surface area (Å²) in [6, 6.07) is 17.4. The summed E-state index contributed by atoms with van der Waals surface area (Å²) in [7, 11) is 0. The molecule has 0 aliphatic heterocycles. The van der Waals surface area contributed by atoms with E-state index < -0.39 is 0 Å². The van der Waals surface area contributed by atoms with Gasteiger partial charge in [0.1, 0.15) is 0 Å². The molecule has 2 aromatic carbocycles. The lowest BCUT2D eigenvalue weighted by atomic mass is 9.96. The normalized spacial score (nSPS) is 23.6. The van der Waals surface area contributed by atoms with Gasteiger partial charge in [-0.3, -0.25) is 0 Å².